The van der Waals surface area contributed by atoms with Crippen LogP contribution in [0.25, 0.3) is 10.9 Å². The Labute approximate surface area is 147 Å². The van der Waals surface area contributed by atoms with Crippen LogP contribution in [-0.2, 0) is 9.84 Å². The highest BCUT2D eigenvalue weighted by Gasteiger charge is 2.25. The molecule has 7 heteroatoms. The molecule has 0 radical (unpaired) electrons. The number of benzene rings is 2. The van der Waals surface area contributed by atoms with Crippen LogP contribution < -0.4 is 5.73 Å². The fraction of sp³-hybridized carbons (Fsp3) is 0.0625. The number of nitrogen functional groups attached to an aromatic ring is 1. The highest BCUT2D eigenvalue weighted by atomic mass is 79.9. The van der Waals surface area contributed by atoms with Crippen LogP contribution in [0, 0.1) is 6.92 Å². The van der Waals surface area contributed by atoms with E-state index >= 15 is 0 Å². The first kappa shape index (κ1) is 16.2. The molecule has 2 N–H and O–H groups in total. The van der Waals surface area contributed by atoms with Gasteiger partial charge in [0.15, 0.2) is 0 Å². The second-order valence-electron chi connectivity index (χ2n) is 5.07. The number of aromatic nitrogens is 1. The zero-order valence-electron chi connectivity index (χ0n) is 12.0. The molecule has 1 aromatic heterocycles. The van der Waals surface area contributed by atoms with E-state index in [-0.39, 0.29) is 15.6 Å². The summed E-state index contributed by atoms with van der Waals surface area (Å²) >= 11 is 9.31. The van der Waals surface area contributed by atoms with Gasteiger partial charge in [-0.05, 0) is 55.0 Å². The molecule has 0 aliphatic carbocycles. The zero-order valence-corrected chi connectivity index (χ0v) is 15.2. The number of hydrogen-bond acceptors (Lipinski definition) is 4. The molecule has 0 bridgehead atoms. The van der Waals surface area contributed by atoms with E-state index in [9.17, 15) is 8.42 Å². The number of halogens is 2. The van der Waals surface area contributed by atoms with Gasteiger partial charge in [0.05, 0.1) is 10.4 Å². The first-order valence-corrected chi connectivity index (χ1v) is 9.32. The molecule has 1 heterocycles. The second kappa shape index (κ2) is 5.78. The molecular weight excluding hydrogens is 400 g/mol. The van der Waals surface area contributed by atoms with Gasteiger partial charge in [0.2, 0.25) is 9.84 Å². The predicted octanol–water partition coefficient (Wildman–Crippen LogP) is 4.37. The van der Waals surface area contributed by atoms with Crippen LogP contribution in [0.15, 0.2) is 56.7 Å². The van der Waals surface area contributed by atoms with Crippen molar-refractivity contribution in [2.75, 3.05) is 5.73 Å². The van der Waals surface area contributed by atoms with Crippen LogP contribution in [0.1, 0.15) is 5.56 Å². The van der Waals surface area contributed by atoms with Crippen molar-refractivity contribution in [3.8, 4) is 0 Å². The Kier molecular flexibility index (Phi) is 4.08. The number of hydrogen-bond donors (Lipinski definition) is 1. The van der Waals surface area contributed by atoms with Gasteiger partial charge in [0.25, 0.3) is 0 Å². The lowest BCUT2D eigenvalue weighted by molar-refractivity contribution is 0.596. The molecular formula is C16H12BrClN2O2S. The molecule has 0 fully saturated rings. The molecule has 0 aliphatic rings. The van der Waals surface area contributed by atoms with E-state index in [4.69, 9.17) is 17.3 Å². The Balaban J connectivity index is 2.32. The van der Waals surface area contributed by atoms with Gasteiger partial charge in [-0.2, -0.15) is 0 Å². The standard InChI is InChI=1S/C16H12BrClN2O2S/c1-9-13-8-11(18)4-7-14(13)20-16(19)15(9)23(21,22)12-5-2-10(17)3-6-12/h2-8H,1H3,(H2,19,20). The Morgan fingerprint density at radius 1 is 1.13 bits per heavy atom. The van der Waals surface area contributed by atoms with Gasteiger partial charge in [0.1, 0.15) is 10.7 Å². The van der Waals surface area contributed by atoms with Gasteiger partial charge in [-0.1, -0.05) is 27.5 Å². The van der Waals surface area contributed by atoms with Crippen molar-refractivity contribution >= 4 is 54.1 Å². The van der Waals surface area contributed by atoms with Crippen molar-refractivity contribution in [2.45, 2.75) is 16.7 Å². The number of fused-ring (bicyclic) bond motifs is 1. The van der Waals surface area contributed by atoms with Gasteiger partial charge in [-0.25, -0.2) is 13.4 Å². The normalized spacial score (nSPS) is 11.8. The SMILES string of the molecule is Cc1c(S(=O)(=O)c2ccc(Br)cc2)c(N)nc2ccc(Cl)cc12. The lowest BCUT2D eigenvalue weighted by Gasteiger charge is -2.13. The van der Waals surface area contributed by atoms with Crippen molar-refractivity contribution in [1.82, 2.24) is 4.98 Å². The van der Waals surface area contributed by atoms with Gasteiger partial charge in [-0.15, -0.1) is 0 Å². The molecule has 0 aliphatic heterocycles. The van der Waals surface area contributed by atoms with Crippen molar-refractivity contribution < 1.29 is 8.42 Å². The third-order valence-electron chi connectivity index (χ3n) is 3.57. The number of aryl methyl sites for hydroxylation is 1. The van der Waals surface area contributed by atoms with E-state index in [1.807, 2.05) is 0 Å². The summed E-state index contributed by atoms with van der Waals surface area (Å²) in [5.74, 6) is -0.0137. The van der Waals surface area contributed by atoms with Crippen molar-refractivity contribution in [2.24, 2.45) is 0 Å². The molecule has 0 unspecified atom stereocenters. The fourth-order valence-electron chi connectivity index (χ4n) is 2.47. The average molecular weight is 412 g/mol. The van der Waals surface area contributed by atoms with Crippen LogP contribution in [-0.4, -0.2) is 13.4 Å². The average Bonchev–Trinajstić information content (AvgIpc) is 2.48. The lowest BCUT2D eigenvalue weighted by Crippen LogP contribution is -2.10. The van der Waals surface area contributed by atoms with E-state index in [0.717, 1.165) is 4.47 Å². The monoisotopic (exact) mass is 410 g/mol. The number of pyridine rings is 1. The molecule has 0 saturated heterocycles. The first-order valence-electron chi connectivity index (χ1n) is 6.66. The molecule has 2 aromatic carbocycles. The van der Waals surface area contributed by atoms with E-state index < -0.39 is 9.84 Å². The number of nitrogens with zero attached hydrogens (tertiary/aromatic N) is 1. The molecule has 118 valence electrons. The summed E-state index contributed by atoms with van der Waals surface area (Å²) in [4.78, 5) is 4.41. The van der Waals surface area contributed by atoms with Crippen molar-refractivity contribution in [3.05, 3.63) is 57.5 Å². The van der Waals surface area contributed by atoms with Crippen molar-refractivity contribution in [3.63, 3.8) is 0 Å². The largest absolute Gasteiger partial charge is 0.383 e. The maximum atomic E-state index is 12.9. The molecule has 3 rings (SSSR count). The Morgan fingerprint density at radius 3 is 2.43 bits per heavy atom. The van der Waals surface area contributed by atoms with Crippen LogP contribution >= 0.6 is 27.5 Å². The van der Waals surface area contributed by atoms with Crippen LogP contribution in [0.5, 0.6) is 0 Å². The zero-order chi connectivity index (χ0) is 16.8. The van der Waals surface area contributed by atoms with Gasteiger partial charge < -0.3 is 5.73 Å². The van der Waals surface area contributed by atoms with E-state index in [1.165, 1.54) is 12.1 Å². The Morgan fingerprint density at radius 2 is 1.78 bits per heavy atom. The predicted molar refractivity (Wildman–Crippen MR) is 95.5 cm³/mol. The first-order chi connectivity index (χ1) is 10.8. The summed E-state index contributed by atoms with van der Waals surface area (Å²) in [5, 5.41) is 1.18. The molecule has 3 aromatic rings. The van der Waals surface area contributed by atoms with Crippen molar-refractivity contribution in [1.29, 1.82) is 0 Å². The molecule has 23 heavy (non-hydrogen) atoms. The van der Waals surface area contributed by atoms with Gasteiger partial charge in [-0.3, -0.25) is 0 Å². The maximum Gasteiger partial charge on any atom is 0.210 e. The quantitative estimate of drug-likeness (QED) is 0.679. The minimum Gasteiger partial charge on any atom is -0.383 e. The molecule has 4 nitrogen and oxygen atoms in total. The molecule has 0 amide bonds. The summed E-state index contributed by atoms with van der Waals surface area (Å²) in [6.45, 7) is 1.71. The Hall–Kier alpha value is -1.63. The Bertz CT molecular complexity index is 1020. The summed E-state index contributed by atoms with van der Waals surface area (Å²) in [6.07, 6.45) is 0. The minimum atomic E-state index is -3.77. The summed E-state index contributed by atoms with van der Waals surface area (Å²) in [7, 11) is -3.77. The highest BCUT2D eigenvalue weighted by molar-refractivity contribution is 9.10. The van der Waals surface area contributed by atoms with Crippen LogP contribution in [0.3, 0.4) is 0 Å². The summed E-state index contributed by atoms with van der Waals surface area (Å²) < 4.78 is 26.7. The number of nitrogens with two attached hydrogens (primary N) is 1. The third kappa shape index (κ3) is 2.82. The van der Waals surface area contributed by atoms with Gasteiger partial charge in [0, 0.05) is 14.9 Å². The lowest BCUT2D eigenvalue weighted by atomic mass is 10.1. The third-order valence-corrected chi connectivity index (χ3v) is 6.28. The fourth-order valence-corrected chi connectivity index (χ4v) is 4.47. The molecule has 0 atom stereocenters. The van der Waals surface area contributed by atoms with E-state index in [0.29, 0.717) is 21.5 Å². The number of rotatable bonds is 2. The second-order valence-corrected chi connectivity index (χ2v) is 8.31. The van der Waals surface area contributed by atoms with E-state index in [1.54, 1.807) is 37.3 Å². The number of sulfone groups is 1. The smallest absolute Gasteiger partial charge is 0.210 e. The maximum absolute atomic E-state index is 12.9. The van der Waals surface area contributed by atoms with E-state index in [2.05, 4.69) is 20.9 Å². The minimum absolute atomic E-state index is 0.0137. The molecule has 0 saturated carbocycles. The van der Waals surface area contributed by atoms with Crippen LogP contribution in [0.2, 0.25) is 5.02 Å². The highest BCUT2D eigenvalue weighted by Crippen LogP contribution is 2.33. The topological polar surface area (TPSA) is 73.0 Å². The van der Waals surface area contributed by atoms with Gasteiger partial charge >= 0.3 is 0 Å². The molecule has 0 spiro atoms. The van der Waals surface area contributed by atoms with Crippen LogP contribution in [0.4, 0.5) is 5.82 Å². The number of anilines is 1. The summed E-state index contributed by atoms with van der Waals surface area (Å²) in [5.41, 5.74) is 7.10. The summed E-state index contributed by atoms with van der Waals surface area (Å²) in [6, 6.07) is 11.5.